The summed E-state index contributed by atoms with van der Waals surface area (Å²) >= 11 is 0. The first-order valence-corrected chi connectivity index (χ1v) is 6.94. The van der Waals surface area contributed by atoms with Crippen molar-refractivity contribution in [2.75, 3.05) is 32.8 Å². The number of amides is 1. The fraction of sp³-hybridized carbons (Fsp3) is 0.846. The van der Waals surface area contributed by atoms with Crippen molar-refractivity contribution >= 4 is 11.9 Å². The molecule has 0 aliphatic carbocycles. The average molecular weight is 270 g/mol. The third kappa shape index (κ3) is 3.45. The number of nitrogens with one attached hydrogen (secondary N) is 2. The van der Waals surface area contributed by atoms with E-state index in [1.807, 2.05) is 0 Å². The lowest BCUT2D eigenvalue weighted by Gasteiger charge is -2.33. The number of aliphatic carboxylic acids is 1. The third-order valence-electron chi connectivity index (χ3n) is 4.21. The van der Waals surface area contributed by atoms with Gasteiger partial charge in [0, 0.05) is 25.7 Å². The minimum absolute atomic E-state index is 0.00591. The van der Waals surface area contributed by atoms with Crippen LogP contribution in [-0.4, -0.2) is 49.8 Å². The molecule has 3 N–H and O–H groups in total. The Hall–Kier alpha value is -1.14. The lowest BCUT2D eigenvalue weighted by molar-refractivity contribution is -0.154. The van der Waals surface area contributed by atoms with Gasteiger partial charge in [-0.15, -0.1) is 0 Å². The number of rotatable bonds is 4. The molecule has 2 saturated heterocycles. The Morgan fingerprint density at radius 3 is 2.47 bits per heavy atom. The molecule has 0 unspecified atom stereocenters. The number of carbonyl (C=O) groups excluding carboxylic acids is 1. The first-order chi connectivity index (χ1) is 9.14. The summed E-state index contributed by atoms with van der Waals surface area (Å²) in [5, 5.41) is 15.4. The van der Waals surface area contributed by atoms with Gasteiger partial charge in [-0.1, -0.05) is 0 Å². The molecule has 0 bridgehead atoms. The maximum Gasteiger partial charge on any atom is 0.311 e. The summed E-state index contributed by atoms with van der Waals surface area (Å²) in [7, 11) is 0. The van der Waals surface area contributed by atoms with Crippen molar-refractivity contribution in [3.8, 4) is 0 Å². The maximum atomic E-state index is 12.0. The number of carboxylic acids is 1. The molecule has 0 aromatic carbocycles. The molecule has 0 aromatic rings. The monoisotopic (exact) mass is 270 g/mol. The molecule has 0 aromatic heterocycles. The Bertz CT molecular complexity index is 334. The first kappa shape index (κ1) is 14.3. The second-order valence-electron chi connectivity index (χ2n) is 5.44. The summed E-state index contributed by atoms with van der Waals surface area (Å²) in [5.74, 6) is -0.818. The van der Waals surface area contributed by atoms with Gasteiger partial charge in [-0.3, -0.25) is 9.59 Å². The molecule has 6 nitrogen and oxygen atoms in total. The molecule has 2 aliphatic heterocycles. The van der Waals surface area contributed by atoms with Gasteiger partial charge in [0.15, 0.2) is 0 Å². The van der Waals surface area contributed by atoms with E-state index in [1.165, 1.54) is 0 Å². The van der Waals surface area contributed by atoms with Gasteiger partial charge in [0.1, 0.15) is 0 Å². The highest BCUT2D eigenvalue weighted by Gasteiger charge is 2.40. The predicted molar refractivity (Wildman–Crippen MR) is 68.7 cm³/mol. The Balaban J connectivity index is 1.87. The standard InChI is InChI=1S/C13H22N2O4/c16-11(10-1-5-14-6-2-10)15-9-13(12(17)18)3-7-19-8-4-13/h10,14H,1-9H2,(H,15,16)(H,17,18). The quantitative estimate of drug-likeness (QED) is 0.668. The van der Waals surface area contributed by atoms with Crippen LogP contribution in [0.25, 0.3) is 0 Å². The van der Waals surface area contributed by atoms with Crippen LogP contribution in [0.4, 0.5) is 0 Å². The SMILES string of the molecule is O=C(NCC1(C(=O)O)CCOCC1)C1CCNCC1. The fourth-order valence-electron chi connectivity index (χ4n) is 2.71. The van der Waals surface area contributed by atoms with Gasteiger partial charge in [-0.2, -0.15) is 0 Å². The van der Waals surface area contributed by atoms with Gasteiger partial charge in [-0.25, -0.2) is 0 Å². The van der Waals surface area contributed by atoms with E-state index in [-0.39, 0.29) is 18.4 Å². The summed E-state index contributed by atoms with van der Waals surface area (Å²) in [6.45, 7) is 2.84. The van der Waals surface area contributed by atoms with Crippen LogP contribution in [0.1, 0.15) is 25.7 Å². The summed E-state index contributed by atoms with van der Waals surface area (Å²) in [6.07, 6.45) is 2.59. The zero-order valence-corrected chi connectivity index (χ0v) is 11.1. The summed E-state index contributed by atoms with van der Waals surface area (Å²) in [6, 6.07) is 0. The van der Waals surface area contributed by atoms with Crippen molar-refractivity contribution < 1.29 is 19.4 Å². The minimum atomic E-state index is -0.846. The smallest absolute Gasteiger partial charge is 0.311 e. The van der Waals surface area contributed by atoms with Gasteiger partial charge in [0.05, 0.1) is 5.41 Å². The molecule has 2 aliphatic rings. The largest absolute Gasteiger partial charge is 0.481 e. The van der Waals surface area contributed by atoms with Gasteiger partial charge < -0.3 is 20.5 Å². The van der Waals surface area contributed by atoms with E-state index in [4.69, 9.17) is 4.74 Å². The molecule has 0 radical (unpaired) electrons. The molecule has 0 saturated carbocycles. The van der Waals surface area contributed by atoms with E-state index in [0.29, 0.717) is 26.1 Å². The minimum Gasteiger partial charge on any atom is -0.481 e. The topological polar surface area (TPSA) is 87.7 Å². The van der Waals surface area contributed by atoms with Crippen molar-refractivity contribution in [2.45, 2.75) is 25.7 Å². The number of carboxylic acid groups (broad SMARTS) is 1. The summed E-state index contributed by atoms with van der Waals surface area (Å²) in [4.78, 5) is 23.5. The lowest BCUT2D eigenvalue weighted by Crippen LogP contribution is -2.48. The maximum absolute atomic E-state index is 12.0. The van der Waals surface area contributed by atoms with Crippen molar-refractivity contribution in [1.82, 2.24) is 10.6 Å². The Morgan fingerprint density at radius 2 is 1.89 bits per heavy atom. The molecule has 0 spiro atoms. The third-order valence-corrected chi connectivity index (χ3v) is 4.21. The molecule has 1 amide bonds. The molecular weight excluding hydrogens is 248 g/mol. The Kier molecular flexibility index (Phi) is 4.76. The highest BCUT2D eigenvalue weighted by atomic mass is 16.5. The predicted octanol–water partition coefficient (Wildman–Crippen LogP) is -0.0164. The van der Waals surface area contributed by atoms with Gasteiger partial charge in [0.25, 0.3) is 0 Å². The second-order valence-corrected chi connectivity index (χ2v) is 5.44. The van der Waals surface area contributed by atoms with E-state index in [1.54, 1.807) is 0 Å². The van der Waals surface area contributed by atoms with Crippen molar-refractivity contribution in [2.24, 2.45) is 11.3 Å². The van der Waals surface area contributed by atoms with Crippen molar-refractivity contribution in [3.63, 3.8) is 0 Å². The molecule has 2 fully saturated rings. The van der Waals surface area contributed by atoms with Crippen LogP contribution < -0.4 is 10.6 Å². The Morgan fingerprint density at radius 1 is 1.26 bits per heavy atom. The number of hydrogen-bond donors (Lipinski definition) is 3. The first-order valence-electron chi connectivity index (χ1n) is 6.94. The van der Waals surface area contributed by atoms with Crippen molar-refractivity contribution in [1.29, 1.82) is 0 Å². The van der Waals surface area contributed by atoms with Crippen LogP contribution in [0.15, 0.2) is 0 Å². The Labute approximate surface area is 112 Å². The van der Waals surface area contributed by atoms with Gasteiger partial charge >= 0.3 is 5.97 Å². The van der Waals surface area contributed by atoms with Gasteiger partial charge in [-0.05, 0) is 38.8 Å². The number of ether oxygens (including phenoxy) is 1. The molecule has 6 heteroatoms. The van der Waals surface area contributed by atoms with E-state index in [2.05, 4.69) is 10.6 Å². The summed E-state index contributed by atoms with van der Waals surface area (Å²) in [5.41, 5.74) is -0.846. The summed E-state index contributed by atoms with van der Waals surface area (Å²) < 4.78 is 5.21. The number of piperidine rings is 1. The lowest BCUT2D eigenvalue weighted by atomic mass is 9.80. The van der Waals surface area contributed by atoms with Crippen LogP contribution in [-0.2, 0) is 14.3 Å². The van der Waals surface area contributed by atoms with E-state index in [0.717, 1.165) is 25.9 Å². The van der Waals surface area contributed by atoms with Crippen LogP contribution in [0.3, 0.4) is 0 Å². The molecule has 2 heterocycles. The van der Waals surface area contributed by atoms with Crippen molar-refractivity contribution in [3.05, 3.63) is 0 Å². The van der Waals surface area contributed by atoms with E-state index in [9.17, 15) is 14.7 Å². The highest BCUT2D eigenvalue weighted by molar-refractivity contribution is 5.80. The fourth-order valence-corrected chi connectivity index (χ4v) is 2.71. The molecule has 2 rings (SSSR count). The van der Waals surface area contributed by atoms with Crippen LogP contribution in [0.5, 0.6) is 0 Å². The van der Waals surface area contributed by atoms with Crippen LogP contribution in [0.2, 0.25) is 0 Å². The molecular formula is C13H22N2O4. The van der Waals surface area contributed by atoms with E-state index >= 15 is 0 Å². The molecule has 0 atom stereocenters. The highest BCUT2D eigenvalue weighted by Crippen LogP contribution is 2.30. The van der Waals surface area contributed by atoms with E-state index < -0.39 is 11.4 Å². The number of hydrogen-bond acceptors (Lipinski definition) is 4. The zero-order chi connectivity index (χ0) is 13.7. The normalized spacial score (nSPS) is 23.8. The van der Waals surface area contributed by atoms with Crippen LogP contribution in [0, 0.1) is 11.3 Å². The van der Waals surface area contributed by atoms with Crippen LogP contribution >= 0.6 is 0 Å². The average Bonchev–Trinajstić information content (AvgIpc) is 2.46. The number of carbonyl (C=O) groups is 2. The zero-order valence-electron chi connectivity index (χ0n) is 11.1. The molecule has 19 heavy (non-hydrogen) atoms. The van der Waals surface area contributed by atoms with Gasteiger partial charge in [0.2, 0.25) is 5.91 Å². The second kappa shape index (κ2) is 6.34. The molecule has 108 valence electrons.